The predicted octanol–water partition coefficient (Wildman–Crippen LogP) is 2.18. The van der Waals surface area contributed by atoms with Crippen molar-refractivity contribution in [2.45, 2.75) is 11.3 Å². The molecule has 112 valence electrons. The van der Waals surface area contributed by atoms with Crippen LogP contribution in [0.1, 0.15) is 12.0 Å². The van der Waals surface area contributed by atoms with Crippen LogP contribution in [0.25, 0.3) is 0 Å². The molecule has 0 saturated heterocycles. The Labute approximate surface area is 129 Å². The summed E-state index contributed by atoms with van der Waals surface area (Å²) < 4.78 is 31.6. The van der Waals surface area contributed by atoms with Crippen LogP contribution in [0.15, 0.2) is 34.7 Å². The van der Waals surface area contributed by atoms with Crippen LogP contribution in [0.2, 0.25) is 5.02 Å². The van der Waals surface area contributed by atoms with E-state index in [1.807, 2.05) is 12.1 Å². The number of methoxy groups -OCH3 is 1. The number of nitrogens with zero attached hydrogens (tertiary/aromatic N) is 2. The quantitative estimate of drug-likeness (QED) is 0.795. The van der Waals surface area contributed by atoms with Gasteiger partial charge in [0.25, 0.3) is 0 Å². The lowest BCUT2D eigenvalue weighted by molar-refractivity contribution is 0.219. The molecule has 0 fully saturated rings. The predicted molar refractivity (Wildman–Crippen MR) is 79.5 cm³/mol. The molecule has 1 aromatic rings. The molecule has 0 N–H and O–H groups in total. The van der Waals surface area contributed by atoms with Crippen molar-refractivity contribution in [1.82, 2.24) is 4.31 Å². The molecule has 2 rings (SSSR count). The molecule has 0 bridgehead atoms. The van der Waals surface area contributed by atoms with Crippen molar-refractivity contribution in [3.05, 3.63) is 40.4 Å². The third-order valence-electron chi connectivity index (χ3n) is 3.27. The van der Waals surface area contributed by atoms with Gasteiger partial charge in [-0.2, -0.15) is 9.57 Å². The zero-order chi connectivity index (χ0) is 15.5. The first-order valence-electron chi connectivity index (χ1n) is 6.35. The second-order valence-electron chi connectivity index (χ2n) is 4.67. The van der Waals surface area contributed by atoms with Crippen LogP contribution in [0.4, 0.5) is 0 Å². The number of sulfonamides is 1. The largest absolute Gasteiger partial charge is 0.380 e. The normalized spacial score (nSPS) is 16.3. The van der Waals surface area contributed by atoms with Crippen molar-refractivity contribution in [1.29, 1.82) is 5.26 Å². The summed E-state index contributed by atoms with van der Waals surface area (Å²) in [6.45, 7) is 1.18. The van der Waals surface area contributed by atoms with E-state index in [4.69, 9.17) is 21.6 Å². The van der Waals surface area contributed by atoms with E-state index in [-0.39, 0.29) is 22.0 Å². The Morgan fingerprint density at radius 3 is 2.81 bits per heavy atom. The fourth-order valence-electron chi connectivity index (χ4n) is 2.14. The smallest absolute Gasteiger partial charge is 0.244 e. The number of benzene rings is 1. The van der Waals surface area contributed by atoms with E-state index in [9.17, 15) is 8.42 Å². The highest BCUT2D eigenvalue weighted by atomic mass is 35.5. The average Bonchev–Trinajstić information content (AvgIpc) is 2.48. The van der Waals surface area contributed by atoms with Gasteiger partial charge in [-0.15, -0.1) is 0 Å². The van der Waals surface area contributed by atoms with E-state index in [1.165, 1.54) is 22.5 Å². The van der Waals surface area contributed by atoms with E-state index in [0.717, 1.165) is 5.57 Å². The topological polar surface area (TPSA) is 70.4 Å². The monoisotopic (exact) mass is 326 g/mol. The molecule has 5 nitrogen and oxygen atoms in total. The molecule has 0 atom stereocenters. The molecule has 21 heavy (non-hydrogen) atoms. The summed E-state index contributed by atoms with van der Waals surface area (Å²) in [6, 6.07) is 6.16. The SMILES string of the molecule is COCC1=CCN(S(=O)(=O)c2cc(C#N)ccc2Cl)CC1. The van der Waals surface area contributed by atoms with E-state index < -0.39 is 10.0 Å². The lowest BCUT2D eigenvalue weighted by Crippen LogP contribution is -2.35. The Hall–Kier alpha value is -1.39. The summed E-state index contributed by atoms with van der Waals surface area (Å²) in [6.07, 6.45) is 2.48. The molecule has 0 aliphatic carbocycles. The van der Waals surface area contributed by atoms with Gasteiger partial charge in [-0.25, -0.2) is 8.42 Å². The Morgan fingerprint density at radius 2 is 2.24 bits per heavy atom. The second kappa shape index (κ2) is 6.58. The van der Waals surface area contributed by atoms with Gasteiger partial charge in [-0.3, -0.25) is 0 Å². The highest BCUT2D eigenvalue weighted by Gasteiger charge is 2.28. The summed E-state index contributed by atoms with van der Waals surface area (Å²) >= 11 is 5.98. The van der Waals surface area contributed by atoms with Crippen LogP contribution < -0.4 is 0 Å². The highest BCUT2D eigenvalue weighted by Crippen LogP contribution is 2.27. The van der Waals surface area contributed by atoms with Gasteiger partial charge in [0.2, 0.25) is 10.0 Å². The number of ether oxygens (including phenoxy) is 1. The van der Waals surface area contributed by atoms with E-state index in [0.29, 0.717) is 19.6 Å². The molecular weight excluding hydrogens is 312 g/mol. The summed E-state index contributed by atoms with van der Waals surface area (Å²) in [5.74, 6) is 0. The molecule has 0 aromatic heterocycles. The summed E-state index contributed by atoms with van der Waals surface area (Å²) in [7, 11) is -2.09. The first kappa shape index (κ1) is 16.0. The number of nitriles is 1. The zero-order valence-corrected chi connectivity index (χ0v) is 13.1. The van der Waals surface area contributed by atoms with E-state index in [2.05, 4.69) is 0 Å². The van der Waals surface area contributed by atoms with Crippen LogP contribution in [-0.2, 0) is 14.8 Å². The van der Waals surface area contributed by atoms with Crippen LogP contribution in [-0.4, -0.2) is 39.5 Å². The van der Waals surface area contributed by atoms with Crippen LogP contribution in [0, 0.1) is 11.3 Å². The lowest BCUT2D eigenvalue weighted by Gasteiger charge is -2.26. The maximum atomic E-state index is 12.6. The molecule has 0 radical (unpaired) electrons. The first-order valence-corrected chi connectivity index (χ1v) is 8.17. The number of hydrogen-bond acceptors (Lipinski definition) is 4. The van der Waals surface area contributed by atoms with Gasteiger partial charge in [0.05, 0.1) is 23.3 Å². The molecule has 0 amide bonds. The summed E-state index contributed by atoms with van der Waals surface area (Å²) in [5, 5.41) is 9.02. The van der Waals surface area contributed by atoms with Gasteiger partial charge in [-0.1, -0.05) is 17.7 Å². The Balaban J connectivity index is 2.30. The Morgan fingerprint density at radius 1 is 1.48 bits per heavy atom. The van der Waals surface area contributed by atoms with Crippen molar-refractivity contribution >= 4 is 21.6 Å². The third kappa shape index (κ3) is 3.44. The van der Waals surface area contributed by atoms with Crippen molar-refractivity contribution in [3.63, 3.8) is 0 Å². The zero-order valence-electron chi connectivity index (χ0n) is 11.5. The van der Waals surface area contributed by atoms with E-state index in [1.54, 1.807) is 7.11 Å². The summed E-state index contributed by atoms with van der Waals surface area (Å²) in [4.78, 5) is -0.0215. The van der Waals surface area contributed by atoms with Gasteiger partial charge in [0, 0.05) is 20.2 Å². The summed E-state index contributed by atoms with van der Waals surface area (Å²) in [5.41, 5.74) is 1.35. The number of hydrogen-bond donors (Lipinski definition) is 0. The van der Waals surface area contributed by atoms with Crippen LogP contribution in [0.3, 0.4) is 0 Å². The highest BCUT2D eigenvalue weighted by molar-refractivity contribution is 7.89. The minimum Gasteiger partial charge on any atom is -0.380 e. The number of halogens is 1. The lowest BCUT2D eigenvalue weighted by atomic mass is 10.1. The number of rotatable bonds is 4. The first-order chi connectivity index (χ1) is 9.98. The molecule has 1 heterocycles. The van der Waals surface area contributed by atoms with Gasteiger partial charge in [-0.05, 0) is 30.2 Å². The maximum Gasteiger partial charge on any atom is 0.244 e. The molecule has 0 saturated carbocycles. The van der Waals surface area contributed by atoms with Crippen LogP contribution in [0.5, 0.6) is 0 Å². The fraction of sp³-hybridized carbons (Fsp3) is 0.357. The average molecular weight is 327 g/mol. The minimum absolute atomic E-state index is 0.0215. The molecular formula is C14H15ClN2O3S. The van der Waals surface area contributed by atoms with Gasteiger partial charge >= 0.3 is 0 Å². The van der Waals surface area contributed by atoms with Crippen molar-refractivity contribution in [2.75, 3.05) is 26.8 Å². The molecule has 0 unspecified atom stereocenters. The Bertz CT molecular complexity index is 707. The van der Waals surface area contributed by atoms with Gasteiger partial charge in [0.15, 0.2) is 0 Å². The Kier molecular flexibility index (Phi) is 5.01. The maximum absolute atomic E-state index is 12.6. The fourth-order valence-corrected chi connectivity index (χ4v) is 4.02. The molecule has 1 aliphatic rings. The van der Waals surface area contributed by atoms with E-state index >= 15 is 0 Å². The minimum atomic E-state index is -3.70. The van der Waals surface area contributed by atoms with Gasteiger partial charge in [0.1, 0.15) is 4.90 Å². The van der Waals surface area contributed by atoms with Crippen molar-refractivity contribution < 1.29 is 13.2 Å². The molecule has 0 spiro atoms. The molecule has 7 heteroatoms. The molecule has 1 aromatic carbocycles. The molecule has 1 aliphatic heterocycles. The second-order valence-corrected chi connectivity index (χ2v) is 6.98. The standard InChI is InChI=1S/C14H15ClN2O3S/c1-20-10-11-4-6-17(7-5-11)21(18,19)14-8-12(9-16)2-3-13(14)15/h2-4,8H,5-7,10H2,1H3. The van der Waals surface area contributed by atoms with Crippen molar-refractivity contribution in [3.8, 4) is 6.07 Å². The van der Waals surface area contributed by atoms with Crippen molar-refractivity contribution in [2.24, 2.45) is 0 Å². The van der Waals surface area contributed by atoms with Gasteiger partial charge < -0.3 is 4.74 Å². The van der Waals surface area contributed by atoms with Crippen LogP contribution >= 0.6 is 11.6 Å². The third-order valence-corrected chi connectivity index (χ3v) is 5.62.